The molecule has 1 aliphatic heterocycles. The second kappa shape index (κ2) is 9.74. The van der Waals surface area contributed by atoms with Crippen molar-refractivity contribution in [3.8, 4) is 16.9 Å². The molecule has 0 bridgehead atoms. The Balaban J connectivity index is 1.22. The molecule has 4 rings (SSSR count). The van der Waals surface area contributed by atoms with E-state index in [0.29, 0.717) is 12.2 Å². The first kappa shape index (κ1) is 20.4. The summed E-state index contributed by atoms with van der Waals surface area (Å²) in [6, 6.07) is 25.1. The zero-order chi connectivity index (χ0) is 20.8. The zero-order valence-electron chi connectivity index (χ0n) is 17.0. The zero-order valence-corrected chi connectivity index (χ0v) is 17.0. The number of para-hydroxylation sites is 1. The van der Waals surface area contributed by atoms with E-state index in [2.05, 4.69) is 17.0 Å². The molecule has 0 saturated carbocycles. The summed E-state index contributed by atoms with van der Waals surface area (Å²) in [5.74, 6) is 0.584. The Morgan fingerprint density at radius 2 is 1.50 bits per heavy atom. The van der Waals surface area contributed by atoms with Crippen LogP contribution >= 0.6 is 0 Å². The van der Waals surface area contributed by atoms with Crippen LogP contribution in [0.2, 0.25) is 0 Å². The van der Waals surface area contributed by atoms with E-state index in [0.717, 1.165) is 37.5 Å². The molecule has 1 fully saturated rings. The van der Waals surface area contributed by atoms with Crippen molar-refractivity contribution in [3.05, 3.63) is 84.7 Å². The predicted octanol–water partition coefficient (Wildman–Crippen LogP) is 2.64. The van der Waals surface area contributed by atoms with Crippen LogP contribution < -0.4 is 14.5 Å². The van der Waals surface area contributed by atoms with E-state index >= 15 is 0 Å². The van der Waals surface area contributed by atoms with Crippen molar-refractivity contribution in [1.82, 2.24) is 0 Å². The molecule has 1 atom stereocenters. The van der Waals surface area contributed by atoms with Gasteiger partial charge in [-0.15, -0.1) is 0 Å². The van der Waals surface area contributed by atoms with Gasteiger partial charge in [-0.25, -0.2) is 4.39 Å². The molecule has 0 amide bonds. The maximum Gasteiger partial charge on any atom is 0.146 e. The van der Waals surface area contributed by atoms with Gasteiger partial charge in [-0.2, -0.15) is 0 Å². The molecule has 0 aromatic heterocycles. The van der Waals surface area contributed by atoms with Crippen LogP contribution in [-0.4, -0.2) is 50.5 Å². The van der Waals surface area contributed by atoms with Gasteiger partial charge in [0.2, 0.25) is 0 Å². The Hall–Kier alpha value is -2.89. The number of piperazine rings is 1. The molecular formula is C25H28FN2O2+. The minimum atomic E-state index is -0.534. The smallest absolute Gasteiger partial charge is 0.146 e. The van der Waals surface area contributed by atoms with Crippen molar-refractivity contribution in [2.75, 3.05) is 44.2 Å². The molecule has 3 aromatic carbocycles. The van der Waals surface area contributed by atoms with Crippen LogP contribution in [0.5, 0.6) is 5.75 Å². The first-order valence-electron chi connectivity index (χ1n) is 10.5. The van der Waals surface area contributed by atoms with Crippen molar-refractivity contribution in [3.63, 3.8) is 0 Å². The molecule has 1 heterocycles. The SMILES string of the molecule is O[C@@H](COc1ccc(-c2ccccc2)cc1)C[NH+]1CCN(c2ccccc2F)CC1. The number of nitrogens with one attached hydrogen (secondary N) is 1. The van der Waals surface area contributed by atoms with Gasteiger partial charge in [0.25, 0.3) is 0 Å². The van der Waals surface area contributed by atoms with E-state index in [9.17, 15) is 9.50 Å². The van der Waals surface area contributed by atoms with Crippen LogP contribution in [0.4, 0.5) is 10.1 Å². The van der Waals surface area contributed by atoms with E-state index < -0.39 is 6.10 Å². The number of aliphatic hydroxyl groups excluding tert-OH is 1. The fraction of sp³-hybridized carbons (Fsp3) is 0.280. The second-order valence-electron chi connectivity index (χ2n) is 7.75. The van der Waals surface area contributed by atoms with Crippen molar-refractivity contribution in [1.29, 1.82) is 0 Å². The number of anilines is 1. The van der Waals surface area contributed by atoms with Gasteiger partial charge in [-0.1, -0.05) is 54.6 Å². The second-order valence-corrected chi connectivity index (χ2v) is 7.75. The fourth-order valence-corrected chi connectivity index (χ4v) is 3.93. The van der Waals surface area contributed by atoms with Crippen molar-refractivity contribution in [2.45, 2.75) is 6.10 Å². The van der Waals surface area contributed by atoms with E-state index in [1.165, 1.54) is 16.5 Å². The molecule has 2 N–H and O–H groups in total. The molecule has 1 aliphatic rings. The normalized spacial score (nSPS) is 15.7. The van der Waals surface area contributed by atoms with E-state index in [-0.39, 0.29) is 12.4 Å². The Morgan fingerprint density at radius 3 is 2.20 bits per heavy atom. The van der Waals surface area contributed by atoms with Gasteiger partial charge >= 0.3 is 0 Å². The van der Waals surface area contributed by atoms with Gasteiger partial charge in [0.1, 0.15) is 30.8 Å². The molecule has 0 aliphatic carbocycles. The molecule has 0 radical (unpaired) electrons. The third-order valence-electron chi connectivity index (χ3n) is 5.59. The fourth-order valence-electron chi connectivity index (χ4n) is 3.93. The maximum atomic E-state index is 14.0. The molecule has 1 saturated heterocycles. The molecule has 156 valence electrons. The molecule has 30 heavy (non-hydrogen) atoms. The highest BCUT2D eigenvalue weighted by atomic mass is 19.1. The Morgan fingerprint density at radius 1 is 0.867 bits per heavy atom. The van der Waals surface area contributed by atoms with Gasteiger partial charge in [-0.05, 0) is 35.4 Å². The first-order valence-corrected chi connectivity index (χ1v) is 10.5. The molecule has 0 unspecified atom stereocenters. The summed E-state index contributed by atoms with van der Waals surface area (Å²) in [6.45, 7) is 4.21. The van der Waals surface area contributed by atoms with Crippen LogP contribution in [0, 0.1) is 5.82 Å². The largest absolute Gasteiger partial charge is 0.491 e. The van der Waals surface area contributed by atoms with Crippen LogP contribution in [0.15, 0.2) is 78.9 Å². The topological polar surface area (TPSA) is 37.1 Å². The van der Waals surface area contributed by atoms with Gasteiger partial charge in [0.05, 0.1) is 31.9 Å². The quantitative estimate of drug-likeness (QED) is 0.632. The Kier molecular flexibility index (Phi) is 6.62. The van der Waals surface area contributed by atoms with Gasteiger partial charge < -0.3 is 19.6 Å². The monoisotopic (exact) mass is 407 g/mol. The summed E-state index contributed by atoms with van der Waals surface area (Å²) in [4.78, 5) is 3.40. The van der Waals surface area contributed by atoms with E-state index in [1.54, 1.807) is 6.07 Å². The average molecular weight is 408 g/mol. The number of ether oxygens (including phenoxy) is 1. The van der Waals surface area contributed by atoms with Gasteiger partial charge in [0.15, 0.2) is 0 Å². The minimum absolute atomic E-state index is 0.173. The lowest BCUT2D eigenvalue weighted by atomic mass is 10.1. The number of aliphatic hydroxyl groups is 1. The highest BCUT2D eigenvalue weighted by molar-refractivity contribution is 5.63. The van der Waals surface area contributed by atoms with Crippen molar-refractivity contribution in [2.24, 2.45) is 0 Å². The molecule has 5 heteroatoms. The summed E-state index contributed by atoms with van der Waals surface area (Å²) in [6.07, 6.45) is -0.534. The van der Waals surface area contributed by atoms with E-state index in [4.69, 9.17) is 4.74 Å². The average Bonchev–Trinajstić information content (AvgIpc) is 2.80. The van der Waals surface area contributed by atoms with Crippen LogP contribution in [-0.2, 0) is 0 Å². The molecular weight excluding hydrogens is 379 g/mol. The summed E-state index contributed by atoms with van der Waals surface area (Å²) < 4.78 is 19.7. The van der Waals surface area contributed by atoms with Crippen LogP contribution in [0.1, 0.15) is 0 Å². The third kappa shape index (κ3) is 5.17. The van der Waals surface area contributed by atoms with E-state index in [1.807, 2.05) is 54.6 Å². The molecule has 0 spiro atoms. The van der Waals surface area contributed by atoms with Crippen molar-refractivity contribution < 1.29 is 19.1 Å². The Bertz CT molecular complexity index is 925. The van der Waals surface area contributed by atoms with Gasteiger partial charge in [0, 0.05) is 0 Å². The number of quaternary nitrogens is 1. The lowest BCUT2D eigenvalue weighted by Gasteiger charge is -2.34. The minimum Gasteiger partial charge on any atom is -0.491 e. The summed E-state index contributed by atoms with van der Waals surface area (Å²) in [5.41, 5.74) is 2.97. The molecule has 4 nitrogen and oxygen atoms in total. The number of hydrogen-bond donors (Lipinski definition) is 2. The first-order chi connectivity index (χ1) is 14.7. The lowest BCUT2D eigenvalue weighted by Crippen LogP contribution is -3.16. The highest BCUT2D eigenvalue weighted by Crippen LogP contribution is 2.22. The standard InChI is InChI=1S/C25H27FN2O2/c26-24-8-4-5-9-25(24)28-16-14-27(15-17-28)18-22(29)19-30-23-12-10-21(11-13-23)20-6-2-1-3-7-20/h1-13,22,29H,14-19H2/p+1/t22-/m1/s1. The Labute approximate surface area is 177 Å². The summed E-state index contributed by atoms with van der Waals surface area (Å²) in [7, 11) is 0. The third-order valence-corrected chi connectivity index (χ3v) is 5.59. The highest BCUT2D eigenvalue weighted by Gasteiger charge is 2.24. The number of benzene rings is 3. The number of rotatable bonds is 7. The van der Waals surface area contributed by atoms with Gasteiger partial charge in [-0.3, -0.25) is 0 Å². The van der Waals surface area contributed by atoms with Crippen LogP contribution in [0.25, 0.3) is 11.1 Å². The summed E-state index contributed by atoms with van der Waals surface area (Å²) in [5, 5.41) is 10.4. The number of halogens is 1. The lowest BCUT2D eigenvalue weighted by molar-refractivity contribution is -0.903. The maximum absolute atomic E-state index is 14.0. The number of hydrogen-bond acceptors (Lipinski definition) is 3. The number of nitrogens with zero attached hydrogens (tertiary/aromatic N) is 1. The van der Waals surface area contributed by atoms with Crippen LogP contribution in [0.3, 0.4) is 0 Å². The molecule has 3 aromatic rings. The van der Waals surface area contributed by atoms with Crippen molar-refractivity contribution >= 4 is 5.69 Å². The predicted molar refractivity (Wildman–Crippen MR) is 118 cm³/mol. The summed E-state index contributed by atoms with van der Waals surface area (Å²) >= 11 is 0.